The van der Waals surface area contributed by atoms with Gasteiger partial charge in [0.1, 0.15) is 5.69 Å². The molecule has 0 radical (unpaired) electrons. The summed E-state index contributed by atoms with van der Waals surface area (Å²) >= 11 is 0. The van der Waals surface area contributed by atoms with E-state index in [-0.39, 0.29) is 12.3 Å². The van der Waals surface area contributed by atoms with Crippen molar-refractivity contribution in [3.8, 4) is 0 Å². The number of hydrogen-bond acceptors (Lipinski definition) is 6. The Hall–Kier alpha value is -2.96. The zero-order valence-corrected chi connectivity index (χ0v) is 13.8. The zero-order valence-electron chi connectivity index (χ0n) is 13.8. The Morgan fingerprint density at radius 3 is 2.88 bits per heavy atom. The number of carbonyl (C=O) groups excluding carboxylic acids is 1. The van der Waals surface area contributed by atoms with Gasteiger partial charge in [-0.2, -0.15) is 5.10 Å². The van der Waals surface area contributed by atoms with Gasteiger partial charge in [-0.1, -0.05) is 17.3 Å². The van der Waals surface area contributed by atoms with E-state index in [9.17, 15) is 4.79 Å². The maximum atomic E-state index is 12.7. The van der Waals surface area contributed by atoms with Crippen LogP contribution in [0, 0.1) is 0 Å². The predicted molar refractivity (Wildman–Crippen MR) is 93.2 cm³/mol. The van der Waals surface area contributed by atoms with Gasteiger partial charge in [-0.05, 0) is 30.7 Å². The van der Waals surface area contributed by atoms with Gasteiger partial charge < -0.3 is 14.3 Å². The average molecular weight is 337 g/mol. The fourth-order valence-corrected chi connectivity index (χ4v) is 3.18. The minimum Gasteiger partial charge on any atom is -0.356 e. The largest absolute Gasteiger partial charge is 0.356 e. The van der Waals surface area contributed by atoms with E-state index in [0.29, 0.717) is 12.2 Å². The third-order valence-electron chi connectivity index (χ3n) is 4.50. The molecule has 1 saturated heterocycles. The minimum atomic E-state index is 0.0834. The van der Waals surface area contributed by atoms with Crippen LogP contribution in [0.5, 0.6) is 0 Å². The molecule has 7 nitrogen and oxygen atoms in total. The van der Waals surface area contributed by atoms with Crippen LogP contribution in [-0.2, 0) is 11.2 Å². The second kappa shape index (κ2) is 6.88. The van der Waals surface area contributed by atoms with Gasteiger partial charge in [0, 0.05) is 37.8 Å². The molecule has 0 unspecified atom stereocenters. The molecular weight excluding hydrogens is 318 g/mol. The van der Waals surface area contributed by atoms with Gasteiger partial charge in [-0.3, -0.25) is 4.79 Å². The summed E-state index contributed by atoms with van der Waals surface area (Å²) in [5, 5.41) is 13.1. The van der Waals surface area contributed by atoms with Crippen molar-refractivity contribution in [2.24, 2.45) is 0 Å². The molecule has 0 saturated carbocycles. The lowest BCUT2D eigenvalue weighted by atomic mass is 10.1. The molecule has 1 fully saturated rings. The molecule has 0 spiro atoms. The van der Waals surface area contributed by atoms with Crippen molar-refractivity contribution in [2.75, 3.05) is 31.1 Å². The first-order chi connectivity index (χ1) is 12.3. The summed E-state index contributed by atoms with van der Waals surface area (Å²) < 4.78 is 5.29. The highest BCUT2D eigenvalue weighted by atomic mass is 16.5. The van der Waals surface area contributed by atoms with Crippen molar-refractivity contribution in [1.29, 1.82) is 0 Å². The lowest BCUT2D eigenvalue weighted by Gasteiger charge is -2.22. The molecule has 1 aliphatic rings. The first-order valence-electron chi connectivity index (χ1n) is 8.45. The van der Waals surface area contributed by atoms with E-state index in [4.69, 9.17) is 4.52 Å². The fourth-order valence-electron chi connectivity index (χ4n) is 3.18. The topological polar surface area (TPSA) is 75.4 Å². The Morgan fingerprint density at radius 2 is 2.00 bits per heavy atom. The number of fused-ring (bicyclic) bond motifs is 1. The number of anilines is 1. The summed E-state index contributed by atoms with van der Waals surface area (Å²) in [7, 11) is 0. The van der Waals surface area contributed by atoms with Crippen LogP contribution in [0.1, 0.15) is 12.1 Å². The zero-order chi connectivity index (χ0) is 17.1. The molecule has 0 N–H and O–H groups in total. The number of amides is 1. The first-order valence-corrected chi connectivity index (χ1v) is 8.45. The third-order valence-corrected chi connectivity index (χ3v) is 4.50. The molecule has 25 heavy (non-hydrogen) atoms. The van der Waals surface area contributed by atoms with Crippen LogP contribution in [0.2, 0.25) is 0 Å². The normalized spacial score (nSPS) is 15.4. The predicted octanol–water partition coefficient (Wildman–Crippen LogP) is 1.90. The van der Waals surface area contributed by atoms with Crippen LogP contribution in [-0.4, -0.2) is 52.3 Å². The monoisotopic (exact) mass is 337 g/mol. The maximum Gasteiger partial charge on any atom is 0.228 e. The molecule has 128 valence electrons. The van der Waals surface area contributed by atoms with E-state index in [1.54, 1.807) is 6.20 Å². The Kier molecular flexibility index (Phi) is 4.28. The second-order valence-electron chi connectivity index (χ2n) is 6.11. The molecule has 0 aliphatic carbocycles. The highest BCUT2D eigenvalue weighted by Gasteiger charge is 2.22. The van der Waals surface area contributed by atoms with E-state index in [0.717, 1.165) is 42.8 Å². The van der Waals surface area contributed by atoms with E-state index in [1.807, 2.05) is 41.3 Å². The second-order valence-corrected chi connectivity index (χ2v) is 6.11. The van der Waals surface area contributed by atoms with Gasteiger partial charge in [0.15, 0.2) is 11.4 Å². The summed E-state index contributed by atoms with van der Waals surface area (Å²) in [6.07, 6.45) is 2.84. The first kappa shape index (κ1) is 15.6. The lowest BCUT2D eigenvalue weighted by Crippen LogP contribution is -2.36. The van der Waals surface area contributed by atoms with Crippen molar-refractivity contribution < 1.29 is 9.32 Å². The number of rotatable bonds is 3. The van der Waals surface area contributed by atoms with E-state index in [1.165, 1.54) is 0 Å². The average Bonchev–Trinajstić information content (AvgIpc) is 2.90. The Balaban J connectivity index is 1.43. The molecule has 0 atom stereocenters. The molecule has 3 heterocycles. The molecule has 7 heteroatoms. The number of benzene rings is 1. The fraction of sp³-hybridized carbons (Fsp3) is 0.333. The molecule has 1 aromatic carbocycles. The number of aromatic nitrogens is 3. The number of para-hydroxylation sites is 1. The van der Waals surface area contributed by atoms with Gasteiger partial charge in [0.25, 0.3) is 0 Å². The number of nitrogens with zero attached hydrogens (tertiary/aromatic N) is 5. The van der Waals surface area contributed by atoms with Crippen LogP contribution in [0.15, 0.2) is 47.1 Å². The quantitative estimate of drug-likeness (QED) is 0.727. The van der Waals surface area contributed by atoms with Crippen molar-refractivity contribution in [3.05, 3.63) is 48.3 Å². The SMILES string of the molecule is O=C(Cc1noc2ccccc12)N1CCCN(c2cccnn2)CC1. The van der Waals surface area contributed by atoms with E-state index >= 15 is 0 Å². The molecule has 2 aromatic heterocycles. The van der Waals surface area contributed by atoms with Crippen molar-refractivity contribution in [2.45, 2.75) is 12.8 Å². The number of hydrogen-bond donors (Lipinski definition) is 0. The van der Waals surface area contributed by atoms with Gasteiger partial charge in [0.05, 0.1) is 6.42 Å². The van der Waals surface area contributed by atoms with Gasteiger partial charge in [-0.25, -0.2) is 0 Å². The van der Waals surface area contributed by atoms with Crippen LogP contribution >= 0.6 is 0 Å². The molecule has 3 aromatic rings. The lowest BCUT2D eigenvalue weighted by molar-refractivity contribution is -0.130. The van der Waals surface area contributed by atoms with Gasteiger partial charge >= 0.3 is 0 Å². The Bertz CT molecular complexity index is 864. The van der Waals surface area contributed by atoms with Crippen molar-refractivity contribution in [3.63, 3.8) is 0 Å². The Morgan fingerprint density at radius 1 is 1.08 bits per heavy atom. The molecular formula is C18H19N5O2. The molecule has 1 aliphatic heterocycles. The Labute approximate surface area is 145 Å². The van der Waals surface area contributed by atoms with Crippen LogP contribution < -0.4 is 4.90 Å². The summed E-state index contributed by atoms with van der Waals surface area (Å²) in [6, 6.07) is 11.5. The summed E-state index contributed by atoms with van der Waals surface area (Å²) in [5.74, 6) is 0.944. The highest BCUT2D eigenvalue weighted by Crippen LogP contribution is 2.19. The molecule has 4 rings (SSSR count). The van der Waals surface area contributed by atoms with Crippen LogP contribution in [0.4, 0.5) is 5.82 Å². The van der Waals surface area contributed by atoms with E-state index in [2.05, 4.69) is 20.3 Å². The smallest absolute Gasteiger partial charge is 0.228 e. The summed E-state index contributed by atoms with van der Waals surface area (Å²) in [4.78, 5) is 16.8. The number of carbonyl (C=O) groups is 1. The van der Waals surface area contributed by atoms with Crippen LogP contribution in [0.3, 0.4) is 0 Å². The van der Waals surface area contributed by atoms with Gasteiger partial charge in [0.2, 0.25) is 5.91 Å². The maximum absolute atomic E-state index is 12.7. The standard InChI is InChI=1S/C18H19N5O2/c24-18(13-15-14-5-1-2-6-16(14)25-21-15)23-10-4-9-22(11-12-23)17-7-3-8-19-20-17/h1-3,5-8H,4,9-13H2. The summed E-state index contributed by atoms with van der Waals surface area (Å²) in [6.45, 7) is 3.04. The highest BCUT2D eigenvalue weighted by molar-refractivity contribution is 5.86. The summed E-state index contributed by atoms with van der Waals surface area (Å²) in [5.41, 5.74) is 1.42. The van der Waals surface area contributed by atoms with Gasteiger partial charge in [-0.15, -0.1) is 5.10 Å². The molecule has 1 amide bonds. The van der Waals surface area contributed by atoms with Crippen molar-refractivity contribution in [1.82, 2.24) is 20.3 Å². The molecule has 0 bridgehead atoms. The van der Waals surface area contributed by atoms with Crippen molar-refractivity contribution >= 4 is 22.7 Å². The third kappa shape index (κ3) is 3.31. The van der Waals surface area contributed by atoms with Crippen LogP contribution in [0.25, 0.3) is 11.0 Å². The van der Waals surface area contributed by atoms with E-state index < -0.39 is 0 Å². The minimum absolute atomic E-state index is 0.0834.